The van der Waals surface area contributed by atoms with Gasteiger partial charge in [-0.25, -0.2) is 13.2 Å². The molecule has 2 amide bonds. The van der Waals surface area contributed by atoms with Gasteiger partial charge in [-0.15, -0.1) is 0 Å². The third kappa shape index (κ3) is 6.14. The SMILES string of the molecule is CC1C(C(C(=O)NC2CNCC(F)C2N2CCC(C(=O)N3CC(F)C3)CC2)C(N)N)N2CCCC1(C1CCC1)CCC(F)C2. The van der Waals surface area contributed by atoms with Crippen LogP contribution in [0.25, 0.3) is 0 Å². The molecule has 6 fully saturated rings. The van der Waals surface area contributed by atoms with Crippen LogP contribution in [-0.2, 0) is 9.59 Å². The lowest BCUT2D eigenvalue weighted by Crippen LogP contribution is -2.68. The summed E-state index contributed by atoms with van der Waals surface area (Å²) in [6.45, 7) is 5.26. The summed E-state index contributed by atoms with van der Waals surface area (Å²) in [7, 11) is 0. The van der Waals surface area contributed by atoms with Gasteiger partial charge in [-0.3, -0.25) is 19.4 Å². The van der Waals surface area contributed by atoms with Crippen LogP contribution >= 0.6 is 0 Å². The quantitative estimate of drug-likeness (QED) is 0.317. The molecule has 6 N–H and O–H groups in total. The van der Waals surface area contributed by atoms with Crippen LogP contribution in [-0.4, -0.2) is 122 Å². The molecule has 0 spiro atoms. The fraction of sp³-hybridized carbons (Fsp3) is 0.938. The van der Waals surface area contributed by atoms with E-state index in [1.807, 2.05) is 0 Å². The third-order valence-corrected chi connectivity index (χ3v) is 12.6. The van der Waals surface area contributed by atoms with Crippen LogP contribution in [0.4, 0.5) is 13.2 Å². The van der Waals surface area contributed by atoms with Gasteiger partial charge in [0.1, 0.15) is 18.5 Å². The molecule has 5 heterocycles. The summed E-state index contributed by atoms with van der Waals surface area (Å²) >= 11 is 0. The van der Waals surface area contributed by atoms with Crippen molar-refractivity contribution in [2.45, 2.75) is 108 Å². The highest BCUT2D eigenvalue weighted by molar-refractivity contribution is 5.81. The number of piperidine rings is 2. The Morgan fingerprint density at radius 2 is 1.61 bits per heavy atom. The van der Waals surface area contributed by atoms with Crippen LogP contribution in [0, 0.1) is 29.1 Å². The number of carbonyl (C=O) groups is 2. The molecular weight excluding hydrogens is 571 g/mol. The summed E-state index contributed by atoms with van der Waals surface area (Å²) in [4.78, 5) is 32.9. The average molecular weight is 626 g/mol. The molecule has 9 atom stereocenters. The van der Waals surface area contributed by atoms with E-state index in [4.69, 9.17) is 11.5 Å². The van der Waals surface area contributed by atoms with E-state index >= 15 is 8.78 Å². The Hall–Kier alpha value is -1.47. The highest BCUT2D eigenvalue weighted by Gasteiger charge is 2.55. The highest BCUT2D eigenvalue weighted by atomic mass is 19.1. The third-order valence-electron chi connectivity index (χ3n) is 12.6. The summed E-state index contributed by atoms with van der Waals surface area (Å²) in [5.74, 6) is -0.560. The van der Waals surface area contributed by atoms with Gasteiger partial charge >= 0.3 is 0 Å². The standard InChI is InChI=1S/C32H54F3N7O2/c1-19-27(41-11-3-9-32(19,21-4-2-5-21)10-6-22(33)16-41)26(29(36)37)30(43)39-25-15-38-14-24(35)28(25)40-12-7-20(8-13-40)31(44)42-17-23(34)18-42/h19-29,38H,2-18,36-37H2,1H3,(H,39,43). The molecule has 0 aromatic heterocycles. The van der Waals surface area contributed by atoms with E-state index in [9.17, 15) is 14.0 Å². The molecule has 9 unspecified atom stereocenters. The number of nitrogens with one attached hydrogen (secondary N) is 2. The van der Waals surface area contributed by atoms with Gasteiger partial charge in [0.05, 0.1) is 37.3 Å². The Balaban J connectivity index is 1.18. The molecule has 2 bridgehead atoms. The molecule has 9 nitrogen and oxygen atoms in total. The van der Waals surface area contributed by atoms with Crippen molar-refractivity contribution in [3.63, 3.8) is 0 Å². The average Bonchev–Trinajstić information content (AvgIpc) is 3.00. The zero-order valence-electron chi connectivity index (χ0n) is 26.3. The molecule has 1 saturated carbocycles. The normalized spacial score (nSPS) is 40.4. The number of likely N-dealkylation sites (tertiary alicyclic amines) is 2. The van der Waals surface area contributed by atoms with Crippen LogP contribution in [0.1, 0.15) is 64.7 Å². The van der Waals surface area contributed by atoms with Gasteiger partial charge in [0.2, 0.25) is 11.8 Å². The van der Waals surface area contributed by atoms with Crippen molar-refractivity contribution in [2.24, 2.45) is 40.6 Å². The Labute approximate surface area is 260 Å². The summed E-state index contributed by atoms with van der Waals surface area (Å²) in [5, 5.41) is 6.33. The van der Waals surface area contributed by atoms with Gasteiger partial charge in [0.15, 0.2) is 0 Å². The number of nitrogens with two attached hydrogens (primary N) is 2. The lowest BCUT2D eigenvalue weighted by atomic mass is 9.53. The second kappa shape index (κ2) is 13.3. The topological polar surface area (TPSA) is 120 Å². The number of carbonyl (C=O) groups excluding carboxylic acids is 2. The molecule has 250 valence electrons. The van der Waals surface area contributed by atoms with Gasteiger partial charge in [-0.1, -0.05) is 13.3 Å². The zero-order valence-corrected chi connectivity index (χ0v) is 26.3. The monoisotopic (exact) mass is 625 g/mol. The first-order chi connectivity index (χ1) is 21.1. The number of fused-ring (bicyclic) bond motifs is 3. The first kappa shape index (κ1) is 32.5. The molecule has 1 aliphatic carbocycles. The summed E-state index contributed by atoms with van der Waals surface area (Å²) < 4.78 is 44.3. The number of hydrogen-bond acceptors (Lipinski definition) is 7. The Morgan fingerprint density at radius 3 is 2.25 bits per heavy atom. The van der Waals surface area contributed by atoms with E-state index in [2.05, 4.69) is 27.4 Å². The number of hydrogen-bond donors (Lipinski definition) is 4. The summed E-state index contributed by atoms with van der Waals surface area (Å²) in [6, 6.07) is -1.34. The van der Waals surface area contributed by atoms with Gasteiger partial charge in [0, 0.05) is 31.6 Å². The fourth-order valence-electron chi connectivity index (χ4n) is 9.92. The Morgan fingerprint density at radius 1 is 0.886 bits per heavy atom. The van der Waals surface area contributed by atoms with Gasteiger partial charge in [0.25, 0.3) is 0 Å². The molecule has 0 aromatic rings. The fourth-order valence-corrected chi connectivity index (χ4v) is 9.92. The molecule has 0 radical (unpaired) electrons. The van der Waals surface area contributed by atoms with Crippen molar-refractivity contribution in [1.82, 2.24) is 25.3 Å². The predicted octanol–water partition coefficient (Wildman–Crippen LogP) is 1.55. The van der Waals surface area contributed by atoms with Crippen molar-refractivity contribution in [3.8, 4) is 0 Å². The number of nitrogens with zero attached hydrogens (tertiary/aromatic N) is 3. The van der Waals surface area contributed by atoms with Crippen molar-refractivity contribution in [3.05, 3.63) is 0 Å². The van der Waals surface area contributed by atoms with Crippen molar-refractivity contribution in [2.75, 3.05) is 52.4 Å². The minimum absolute atomic E-state index is 0.00554. The van der Waals surface area contributed by atoms with Crippen LogP contribution in [0.5, 0.6) is 0 Å². The Kier molecular flexibility index (Phi) is 9.84. The molecule has 5 saturated heterocycles. The summed E-state index contributed by atoms with van der Waals surface area (Å²) in [5.41, 5.74) is 12.9. The molecule has 5 aliphatic heterocycles. The molecule has 44 heavy (non-hydrogen) atoms. The minimum Gasteiger partial charge on any atom is -0.350 e. The molecule has 12 heteroatoms. The summed E-state index contributed by atoms with van der Waals surface area (Å²) in [6.07, 6.45) is 4.06. The molecular formula is C32H54F3N7O2. The van der Waals surface area contributed by atoms with E-state index < -0.39 is 42.7 Å². The van der Waals surface area contributed by atoms with Crippen molar-refractivity contribution in [1.29, 1.82) is 0 Å². The lowest BCUT2D eigenvalue weighted by Gasteiger charge is -2.54. The van der Waals surface area contributed by atoms with E-state index in [1.165, 1.54) is 6.42 Å². The van der Waals surface area contributed by atoms with Crippen molar-refractivity contribution < 1.29 is 22.8 Å². The van der Waals surface area contributed by atoms with E-state index in [1.54, 1.807) is 4.90 Å². The second-order valence-corrected chi connectivity index (χ2v) is 14.9. The molecule has 0 aromatic carbocycles. The molecule has 6 rings (SSSR count). The zero-order chi connectivity index (χ0) is 31.2. The van der Waals surface area contributed by atoms with Crippen LogP contribution in [0.15, 0.2) is 0 Å². The Bertz CT molecular complexity index is 1020. The number of amides is 2. The van der Waals surface area contributed by atoms with Gasteiger partial charge < -0.3 is 27.0 Å². The number of alkyl halides is 3. The van der Waals surface area contributed by atoms with E-state index in [0.717, 1.165) is 38.6 Å². The highest BCUT2D eigenvalue weighted by Crippen LogP contribution is 2.57. The van der Waals surface area contributed by atoms with Gasteiger partial charge in [-0.05, 0) is 88.3 Å². The second-order valence-electron chi connectivity index (χ2n) is 14.9. The molecule has 6 aliphatic rings. The van der Waals surface area contributed by atoms with Crippen molar-refractivity contribution >= 4 is 11.8 Å². The predicted molar refractivity (Wildman–Crippen MR) is 163 cm³/mol. The first-order valence-corrected chi connectivity index (χ1v) is 17.3. The lowest BCUT2D eigenvalue weighted by molar-refractivity contribution is -0.144. The van der Waals surface area contributed by atoms with Crippen LogP contribution in [0.3, 0.4) is 0 Å². The largest absolute Gasteiger partial charge is 0.350 e. The number of halogens is 3. The minimum atomic E-state index is -1.20. The maximum atomic E-state index is 15.6. The van der Waals surface area contributed by atoms with E-state index in [0.29, 0.717) is 44.8 Å². The van der Waals surface area contributed by atoms with Gasteiger partial charge in [-0.2, -0.15) is 0 Å². The maximum absolute atomic E-state index is 15.6. The smallest absolute Gasteiger partial charge is 0.227 e. The first-order valence-electron chi connectivity index (χ1n) is 17.3. The van der Waals surface area contributed by atoms with Crippen LogP contribution < -0.4 is 22.1 Å². The van der Waals surface area contributed by atoms with E-state index in [-0.39, 0.29) is 61.3 Å². The van der Waals surface area contributed by atoms with Crippen LogP contribution in [0.2, 0.25) is 0 Å². The number of rotatable bonds is 7. The maximum Gasteiger partial charge on any atom is 0.227 e.